The highest BCUT2D eigenvalue weighted by atomic mass is 31.3. The number of hydrogen-bond acceptors (Lipinski definition) is 4. The Morgan fingerprint density at radius 3 is 1.18 bits per heavy atom. The summed E-state index contributed by atoms with van der Waals surface area (Å²) in [4.78, 5) is 0. The third-order valence-corrected chi connectivity index (χ3v) is 26.7. The minimum absolute atomic E-state index is 0.756. The molecule has 1 rings (SSSR count). The Bertz CT molecular complexity index is 1210. The molecule has 0 atom stereocenters. The fourth-order valence-electron chi connectivity index (χ4n) is 4.77. The largest absolute Gasteiger partial charge is 0.496 e. The fourth-order valence-corrected chi connectivity index (χ4v) is 23.5. The second-order valence-electron chi connectivity index (χ2n) is 13.6. The van der Waals surface area contributed by atoms with Gasteiger partial charge in [0.1, 0.15) is 14.7 Å². The SMILES string of the molecule is CCCc1ccc(CN(C)P(=N[P+](N=P(C)(C)C)(N=P(C)(N(C)C)N(C)C)N=P(C)(N(C)C)N(C)C)(N(C)C)N(C)C)cc1. The van der Waals surface area contributed by atoms with Gasteiger partial charge in [-0.25, -0.2) is 14.0 Å². The van der Waals surface area contributed by atoms with Crippen molar-refractivity contribution in [1.82, 2.24) is 32.7 Å². The molecule has 0 saturated carbocycles. The molecule has 0 aliphatic heterocycles. The standard InChI is InChI=1S/C28H67N11P5/c1-20-21-27-22-24-28(25-23-27)26-39(14)44(37(10)11,38(12)13)32-43(29-40(15,16)17,30-41(18,33(2)3)34(4)5)31-42(19,35(6)7)36(8)9/h22-25H,20-21,26H2,1-19H3/q+1. The number of rotatable bonds is 15. The molecule has 44 heavy (non-hydrogen) atoms. The minimum atomic E-state index is -3.08. The third kappa shape index (κ3) is 10.4. The van der Waals surface area contributed by atoms with E-state index in [2.05, 4.69) is 189 Å². The van der Waals surface area contributed by atoms with E-state index in [-0.39, 0.29) is 0 Å². The number of benzene rings is 1. The first kappa shape index (κ1) is 42.3. The lowest BCUT2D eigenvalue weighted by Gasteiger charge is -2.42. The van der Waals surface area contributed by atoms with Crippen LogP contribution in [0.2, 0.25) is 0 Å². The Hall–Kier alpha value is 0.290. The first-order valence-corrected chi connectivity index (χ1v) is 25.6. The van der Waals surface area contributed by atoms with Gasteiger partial charge in [-0.15, -0.1) is 0 Å². The van der Waals surface area contributed by atoms with Gasteiger partial charge in [0.15, 0.2) is 0 Å². The summed E-state index contributed by atoms with van der Waals surface area (Å²) >= 11 is 0. The number of aryl methyl sites for hydroxylation is 1. The molecule has 16 heteroatoms. The van der Waals surface area contributed by atoms with Crippen molar-refractivity contribution in [2.75, 3.05) is 125 Å². The second-order valence-corrected chi connectivity index (χ2v) is 31.4. The topological polar surface area (TPSA) is 72.1 Å². The molecule has 0 aliphatic rings. The molecule has 0 spiro atoms. The predicted octanol–water partition coefficient (Wildman–Crippen LogP) is 8.48. The molecule has 0 unspecified atom stereocenters. The van der Waals surface area contributed by atoms with E-state index in [1.807, 2.05) is 0 Å². The van der Waals surface area contributed by atoms with Crippen LogP contribution in [0, 0.1) is 0 Å². The quantitative estimate of drug-likeness (QED) is 0.169. The molecule has 0 N–H and O–H groups in total. The molecule has 0 fully saturated rings. The van der Waals surface area contributed by atoms with Gasteiger partial charge in [0, 0.05) is 26.9 Å². The molecular weight excluding hydrogens is 645 g/mol. The molecular formula is C28H67N11P5+. The monoisotopic (exact) mass is 712 g/mol. The summed E-state index contributed by atoms with van der Waals surface area (Å²) in [7, 11) is 16.0. The summed E-state index contributed by atoms with van der Waals surface area (Å²) < 4.78 is 39.6. The highest BCUT2D eigenvalue weighted by Crippen LogP contribution is 2.84. The molecule has 11 nitrogen and oxygen atoms in total. The van der Waals surface area contributed by atoms with Gasteiger partial charge in [-0.3, -0.25) is 18.7 Å². The number of nitrogens with zero attached hydrogens (tertiary/aromatic N) is 11. The molecule has 0 aliphatic carbocycles. The zero-order valence-electron chi connectivity index (χ0n) is 31.6. The van der Waals surface area contributed by atoms with E-state index in [4.69, 9.17) is 18.1 Å². The minimum Gasteiger partial charge on any atom is -0.261 e. The van der Waals surface area contributed by atoms with Crippen molar-refractivity contribution in [3.8, 4) is 0 Å². The fraction of sp³-hybridized carbons (Fsp3) is 0.786. The molecule has 1 aromatic rings. The van der Waals surface area contributed by atoms with E-state index in [9.17, 15) is 0 Å². The molecule has 0 heterocycles. The first-order chi connectivity index (χ1) is 19.9. The Balaban J connectivity index is 4.57. The number of hydrogen-bond donors (Lipinski definition) is 0. The smallest absolute Gasteiger partial charge is 0.261 e. The highest BCUT2D eigenvalue weighted by molar-refractivity contribution is 7.88. The first-order valence-electron chi connectivity index (χ1n) is 15.1. The Labute approximate surface area is 273 Å². The van der Waals surface area contributed by atoms with Crippen LogP contribution in [0.15, 0.2) is 42.3 Å². The lowest BCUT2D eigenvalue weighted by atomic mass is 10.1. The molecule has 0 amide bonds. The van der Waals surface area contributed by atoms with E-state index < -0.39 is 37.1 Å². The lowest BCUT2D eigenvalue weighted by molar-refractivity contribution is 0.427. The van der Waals surface area contributed by atoms with E-state index in [0.717, 1.165) is 19.4 Å². The van der Waals surface area contributed by atoms with Crippen molar-refractivity contribution in [2.24, 2.45) is 18.1 Å². The van der Waals surface area contributed by atoms with E-state index in [1.165, 1.54) is 11.1 Å². The predicted molar refractivity (Wildman–Crippen MR) is 208 cm³/mol. The van der Waals surface area contributed by atoms with Crippen molar-refractivity contribution < 1.29 is 0 Å². The highest BCUT2D eigenvalue weighted by Gasteiger charge is 2.52. The molecule has 0 bridgehead atoms. The maximum atomic E-state index is 6.04. The van der Waals surface area contributed by atoms with Gasteiger partial charge < -0.3 is 0 Å². The average Bonchev–Trinajstić information content (AvgIpc) is 2.86. The molecule has 0 saturated heterocycles. The van der Waals surface area contributed by atoms with Gasteiger partial charge in [-0.1, -0.05) is 42.1 Å². The van der Waals surface area contributed by atoms with Crippen molar-refractivity contribution >= 4 is 37.1 Å². The molecule has 258 valence electrons. The molecule has 0 radical (unpaired) electrons. The van der Waals surface area contributed by atoms with Crippen molar-refractivity contribution in [3.05, 3.63) is 35.4 Å². The summed E-state index contributed by atoms with van der Waals surface area (Å²) in [5.41, 5.74) is 2.65. The van der Waals surface area contributed by atoms with Crippen LogP contribution in [-0.2, 0) is 13.0 Å². The van der Waals surface area contributed by atoms with Crippen LogP contribution in [0.3, 0.4) is 0 Å². The Morgan fingerprint density at radius 1 is 0.523 bits per heavy atom. The lowest BCUT2D eigenvalue weighted by Crippen LogP contribution is -2.32. The average molecular weight is 713 g/mol. The normalized spacial score (nSPS) is 14.1. The van der Waals surface area contributed by atoms with Crippen LogP contribution >= 0.6 is 37.1 Å². The summed E-state index contributed by atoms with van der Waals surface area (Å²) in [6.07, 6.45) is 2.25. The summed E-state index contributed by atoms with van der Waals surface area (Å²) in [6.45, 7) is 14.3. The van der Waals surface area contributed by atoms with Crippen LogP contribution in [0.25, 0.3) is 0 Å². The van der Waals surface area contributed by atoms with E-state index in [1.54, 1.807) is 0 Å². The van der Waals surface area contributed by atoms with Gasteiger partial charge in [-0.2, -0.15) is 0 Å². The maximum absolute atomic E-state index is 6.04. The van der Waals surface area contributed by atoms with Crippen LogP contribution < -0.4 is 0 Å². The molecule has 0 aromatic heterocycles. The summed E-state index contributed by atoms with van der Waals surface area (Å²) in [6, 6.07) is 9.08. The molecule has 1 aromatic carbocycles. The maximum Gasteiger partial charge on any atom is 0.496 e. The summed E-state index contributed by atoms with van der Waals surface area (Å²) in [5, 5.41) is 0. The van der Waals surface area contributed by atoms with Crippen molar-refractivity contribution in [2.45, 2.75) is 26.3 Å². The van der Waals surface area contributed by atoms with Gasteiger partial charge in [0.05, 0.1) is 0 Å². The summed E-state index contributed by atoms with van der Waals surface area (Å²) in [5.74, 6) is 0. The zero-order chi connectivity index (χ0) is 34.5. The second kappa shape index (κ2) is 16.6. The Kier molecular flexibility index (Phi) is 16.0. The third-order valence-electron chi connectivity index (χ3n) is 7.74. The Morgan fingerprint density at radius 2 is 0.886 bits per heavy atom. The van der Waals surface area contributed by atoms with Crippen LogP contribution in [0.1, 0.15) is 24.5 Å². The van der Waals surface area contributed by atoms with Gasteiger partial charge >= 0.3 is 7.87 Å². The van der Waals surface area contributed by atoms with Gasteiger partial charge in [0.25, 0.3) is 0 Å². The van der Waals surface area contributed by atoms with E-state index in [0.29, 0.717) is 0 Å². The van der Waals surface area contributed by atoms with Crippen molar-refractivity contribution in [3.63, 3.8) is 0 Å². The van der Waals surface area contributed by atoms with E-state index >= 15 is 0 Å². The van der Waals surface area contributed by atoms with Gasteiger partial charge in [0.2, 0.25) is 7.51 Å². The van der Waals surface area contributed by atoms with Crippen LogP contribution in [0.4, 0.5) is 0 Å². The van der Waals surface area contributed by atoms with Gasteiger partial charge in [-0.05, 0) is 143 Å². The van der Waals surface area contributed by atoms with Crippen LogP contribution in [-0.4, -0.2) is 158 Å². The zero-order valence-corrected chi connectivity index (χ0v) is 36.1. The van der Waals surface area contributed by atoms with Crippen molar-refractivity contribution in [1.29, 1.82) is 0 Å². The van der Waals surface area contributed by atoms with Crippen LogP contribution in [0.5, 0.6) is 0 Å².